The van der Waals surface area contributed by atoms with Crippen LogP contribution in [0.3, 0.4) is 0 Å². The maximum atomic E-state index is 12.8. The summed E-state index contributed by atoms with van der Waals surface area (Å²) >= 11 is 0.863. The minimum atomic E-state index is -4.59. The third-order valence-electron chi connectivity index (χ3n) is 2.43. The average molecular weight is 311 g/mol. The second-order valence-electron chi connectivity index (χ2n) is 3.91. The van der Waals surface area contributed by atoms with Crippen LogP contribution in [0.15, 0.2) is 24.3 Å². The number of nitrogens with one attached hydrogen (secondary N) is 1. The number of halogens is 4. The van der Waals surface area contributed by atoms with Gasteiger partial charge in [-0.3, -0.25) is 4.79 Å². The maximum absolute atomic E-state index is 12.8. The quantitative estimate of drug-likeness (QED) is 0.836. The maximum Gasteiger partial charge on any atom is 0.461 e. The monoisotopic (exact) mass is 311 g/mol. The molecule has 2 N–H and O–H groups in total. The van der Waals surface area contributed by atoms with Crippen LogP contribution in [-0.4, -0.2) is 29.0 Å². The van der Waals surface area contributed by atoms with Crippen LogP contribution in [0.1, 0.15) is 10.9 Å². The molecule has 0 saturated carbocycles. The zero-order chi connectivity index (χ0) is 14.9. The highest BCUT2D eigenvalue weighted by atomic mass is 32.2. The van der Waals surface area contributed by atoms with Crippen LogP contribution in [-0.2, 0) is 4.79 Å². The number of amides is 1. The molecule has 110 valence electrons. The Labute approximate surface area is 115 Å². The van der Waals surface area contributed by atoms with E-state index in [0.29, 0.717) is 5.56 Å². The van der Waals surface area contributed by atoms with Crippen LogP contribution >= 0.6 is 11.8 Å². The zero-order valence-corrected chi connectivity index (χ0v) is 10.5. The van der Waals surface area contributed by atoms with Crippen molar-refractivity contribution in [1.29, 1.82) is 0 Å². The van der Waals surface area contributed by atoms with Gasteiger partial charge in [-0.05, 0) is 17.7 Å². The summed E-state index contributed by atoms with van der Waals surface area (Å²) in [4.78, 5) is 11.1. The van der Waals surface area contributed by atoms with E-state index in [4.69, 9.17) is 0 Å². The molecule has 1 aliphatic rings. The molecule has 1 saturated heterocycles. The normalized spacial score (nSPS) is 23.0. The molecular formula is C11H9F4NO3S. The number of benzene rings is 1. The number of alkyl halides is 4. The Morgan fingerprint density at radius 2 is 2.10 bits per heavy atom. The molecule has 4 nitrogen and oxygen atoms in total. The van der Waals surface area contributed by atoms with E-state index in [0.717, 1.165) is 23.9 Å². The van der Waals surface area contributed by atoms with Gasteiger partial charge in [0, 0.05) is 0 Å². The first-order chi connectivity index (χ1) is 9.29. The van der Waals surface area contributed by atoms with Crippen LogP contribution in [0.2, 0.25) is 0 Å². The summed E-state index contributed by atoms with van der Waals surface area (Å²) in [6.07, 6.45) is -8.54. The van der Waals surface area contributed by atoms with Gasteiger partial charge in [-0.1, -0.05) is 23.9 Å². The van der Waals surface area contributed by atoms with Gasteiger partial charge in [-0.15, -0.1) is 0 Å². The molecular weight excluding hydrogens is 302 g/mol. The fourth-order valence-corrected chi connectivity index (χ4v) is 2.47. The number of carbonyl (C=O) groups is 1. The highest BCUT2D eigenvalue weighted by Gasteiger charge is 2.44. The van der Waals surface area contributed by atoms with Gasteiger partial charge in [0.25, 0.3) is 5.91 Å². The van der Waals surface area contributed by atoms with Gasteiger partial charge in [0.2, 0.25) is 0 Å². The first-order valence-electron chi connectivity index (χ1n) is 5.38. The lowest BCUT2D eigenvalue weighted by Crippen LogP contribution is -2.33. The Balaban J connectivity index is 2.15. The van der Waals surface area contributed by atoms with Crippen molar-refractivity contribution >= 4 is 17.7 Å². The Bertz CT molecular complexity index is 514. The van der Waals surface area contributed by atoms with Crippen molar-refractivity contribution in [1.82, 2.24) is 5.32 Å². The lowest BCUT2D eigenvalue weighted by molar-refractivity contribution is -0.253. The topological polar surface area (TPSA) is 58.6 Å². The summed E-state index contributed by atoms with van der Waals surface area (Å²) in [6.45, 7) is 0. The van der Waals surface area contributed by atoms with Gasteiger partial charge in [0.05, 0.1) is 0 Å². The molecule has 1 fully saturated rings. The lowest BCUT2D eigenvalue weighted by atomic mass is 10.2. The molecule has 1 aromatic carbocycles. The molecule has 0 aliphatic carbocycles. The number of carbonyl (C=O) groups excluding carboxylic acids is 1. The SMILES string of the molecule is O=C1NC(c2cccc(OC(F)(F)C(F)F)c2)SC1O. The zero-order valence-electron chi connectivity index (χ0n) is 9.73. The summed E-state index contributed by atoms with van der Waals surface area (Å²) in [6, 6.07) is 5.01. The minimum absolute atomic E-state index is 0.350. The summed E-state index contributed by atoms with van der Waals surface area (Å²) in [5.41, 5.74) is -0.908. The van der Waals surface area contributed by atoms with Crippen molar-refractivity contribution in [2.45, 2.75) is 23.3 Å². The number of ether oxygens (including phenoxy) is 1. The Morgan fingerprint density at radius 1 is 1.40 bits per heavy atom. The van der Waals surface area contributed by atoms with Gasteiger partial charge in [-0.25, -0.2) is 0 Å². The molecule has 1 amide bonds. The van der Waals surface area contributed by atoms with Crippen molar-refractivity contribution in [2.24, 2.45) is 0 Å². The van der Waals surface area contributed by atoms with E-state index in [2.05, 4.69) is 10.1 Å². The van der Waals surface area contributed by atoms with Gasteiger partial charge in [-0.2, -0.15) is 17.6 Å². The molecule has 0 bridgehead atoms. The Kier molecular flexibility index (Phi) is 4.09. The van der Waals surface area contributed by atoms with Crippen LogP contribution in [0, 0.1) is 0 Å². The first kappa shape index (κ1) is 14.9. The molecule has 2 atom stereocenters. The van der Waals surface area contributed by atoms with Crippen LogP contribution < -0.4 is 10.1 Å². The third kappa shape index (κ3) is 3.15. The molecule has 9 heteroatoms. The Hall–Kier alpha value is -1.48. The van der Waals surface area contributed by atoms with E-state index in [1.54, 1.807) is 0 Å². The van der Waals surface area contributed by atoms with E-state index in [1.165, 1.54) is 12.1 Å². The second-order valence-corrected chi connectivity index (χ2v) is 5.10. The van der Waals surface area contributed by atoms with Crippen LogP contribution in [0.4, 0.5) is 17.6 Å². The number of aliphatic hydroxyl groups excluding tert-OH is 1. The predicted molar refractivity (Wildman–Crippen MR) is 62.5 cm³/mol. The molecule has 1 aromatic rings. The molecule has 2 rings (SSSR count). The van der Waals surface area contributed by atoms with E-state index < -0.39 is 35.0 Å². The molecule has 20 heavy (non-hydrogen) atoms. The molecule has 2 unspecified atom stereocenters. The van der Waals surface area contributed by atoms with Gasteiger partial charge >= 0.3 is 12.5 Å². The van der Waals surface area contributed by atoms with Crippen LogP contribution in [0.5, 0.6) is 5.75 Å². The largest absolute Gasteiger partial charge is 0.461 e. The number of aliphatic hydroxyl groups is 1. The molecule has 1 heterocycles. The van der Waals surface area contributed by atoms with Gasteiger partial charge < -0.3 is 15.2 Å². The molecule has 0 aromatic heterocycles. The van der Waals surface area contributed by atoms with E-state index in [9.17, 15) is 27.5 Å². The summed E-state index contributed by atoms with van der Waals surface area (Å²) < 4.78 is 53.6. The summed E-state index contributed by atoms with van der Waals surface area (Å²) in [7, 11) is 0. The Morgan fingerprint density at radius 3 is 2.65 bits per heavy atom. The fraction of sp³-hybridized carbons (Fsp3) is 0.364. The third-order valence-corrected chi connectivity index (χ3v) is 3.57. The number of rotatable bonds is 4. The van der Waals surface area contributed by atoms with Crippen LogP contribution in [0.25, 0.3) is 0 Å². The molecule has 1 aliphatic heterocycles. The number of hydrogen-bond donors (Lipinski definition) is 2. The smallest absolute Gasteiger partial charge is 0.428 e. The van der Waals surface area contributed by atoms with E-state index in [-0.39, 0.29) is 0 Å². The van der Waals surface area contributed by atoms with Crippen molar-refractivity contribution in [3.05, 3.63) is 29.8 Å². The van der Waals surface area contributed by atoms with Crippen molar-refractivity contribution < 1.29 is 32.2 Å². The average Bonchev–Trinajstić information content (AvgIpc) is 2.69. The molecule has 0 spiro atoms. The lowest BCUT2D eigenvalue weighted by Gasteiger charge is -2.18. The van der Waals surface area contributed by atoms with Crippen molar-refractivity contribution in [3.63, 3.8) is 0 Å². The number of thioether (sulfide) groups is 1. The second kappa shape index (κ2) is 5.49. The highest BCUT2D eigenvalue weighted by molar-refractivity contribution is 8.01. The van der Waals surface area contributed by atoms with Crippen molar-refractivity contribution in [2.75, 3.05) is 0 Å². The standard InChI is InChI=1S/C11H9F4NO3S/c12-10(13)11(14,15)19-6-3-1-2-5(4-6)8-16-7(17)9(18)20-8/h1-4,8-10,18H,(H,16,17). The fourth-order valence-electron chi connectivity index (χ4n) is 1.53. The number of hydrogen-bond acceptors (Lipinski definition) is 4. The molecule has 0 radical (unpaired) electrons. The van der Waals surface area contributed by atoms with Crippen molar-refractivity contribution in [3.8, 4) is 5.75 Å². The highest BCUT2D eigenvalue weighted by Crippen LogP contribution is 2.36. The van der Waals surface area contributed by atoms with Gasteiger partial charge in [0.1, 0.15) is 11.1 Å². The van der Waals surface area contributed by atoms with E-state index in [1.807, 2.05) is 0 Å². The first-order valence-corrected chi connectivity index (χ1v) is 6.33. The van der Waals surface area contributed by atoms with Gasteiger partial charge in [0.15, 0.2) is 5.44 Å². The summed E-state index contributed by atoms with van der Waals surface area (Å²) in [5, 5.41) is 11.0. The predicted octanol–water partition coefficient (Wildman–Crippen LogP) is 2.10. The summed E-state index contributed by atoms with van der Waals surface area (Å²) in [5.74, 6) is -1.06. The van der Waals surface area contributed by atoms with E-state index >= 15 is 0 Å². The minimum Gasteiger partial charge on any atom is -0.428 e.